The fourth-order valence-electron chi connectivity index (χ4n) is 2.51. The van der Waals surface area contributed by atoms with Crippen LogP contribution in [0.5, 0.6) is 0 Å². The molecule has 27 heavy (non-hydrogen) atoms. The molecule has 0 saturated heterocycles. The van der Waals surface area contributed by atoms with E-state index in [9.17, 15) is 19.8 Å². The molecule has 160 valence electrons. The van der Waals surface area contributed by atoms with Crippen molar-refractivity contribution < 1.29 is 24.6 Å². The Bertz CT molecular complexity index is 476. The highest BCUT2D eigenvalue weighted by Crippen LogP contribution is 2.34. The van der Waals surface area contributed by atoms with Crippen molar-refractivity contribution in [3.8, 4) is 0 Å². The van der Waals surface area contributed by atoms with E-state index in [0.717, 1.165) is 19.3 Å². The molecule has 9 heteroatoms. The number of hydroxylamine groups is 2. The van der Waals surface area contributed by atoms with Gasteiger partial charge in [-0.3, -0.25) is 20.7 Å². The monoisotopic (exact) mass is 407 g/mol. The lowest BCUT2D eigenvalue weighted by Crippen LogP contribution is -2.77. The fourth-order valence-corrected chi connectivity index (χ4v) is 2.79. The number of aliphatic hydroxyl groups is 1. The normalized spacial score (nSPS) is 17.2. The molecule has 0 aliphatic heterocycles. The number of carbonyl (C=O) groups excluding carboxylic acids is 1. The lowest BCUT2D eigenvalue weighted by molar-refractivity contribution is -0.238. The first-order chi connectivity index (χ1) is 12.5. The zero-order valence-electron chi connectivity index (χ0n) is 17.2. The van der Waals surface area contributed by atoms with Gasteiger partial charge in [0.2, 0.25) is 11.6 Å². The Hall–Kier alpha value is -0.870. The third kappa shape index (κ3) is 6.90. The summed E-state index contributed by atoms with van der Waals surface area (Å²) < 4.78 is -1.73. The van der Waals surface area contributed by atoms with E-state index < -0.39 is 28.5 Å². The minimum Gasteiger partial charge on any atom is -0.478 e. The van der Waals surface area contributed by atoms with Crippen LogP contribution in [0.3, 0.4) is 0 Å². The summed E-state index contributed by atoms with van der Waals surface area (Å²) in [7, 11) is 0. The average Bonchev–Trinajstić information content (AvgIpc) is 2.57. The van der Waals surface area contributed by atoms with Crippen LogP contribution in [-0.2, 0) is 14.4 Å². The summed E-state index contributed by atoms with van der Waals surface area (Å²) in [6.45, 7) is 9.55. The Labute approximate surface area is 168 Å². The summed E-state index contributed by atoms with van der Waals surface area (Å²) in [5, 5.41) is 23.9. The summed E-state index contributed by atoms with van der Waals surface area (Å²) in [5.74, 6) is -2.09. The number of amides is 1. The topological polar surface area (TPSA) is 125 Å². The standard InChI is InChI=1S/C18H37N3O5S/c1-6-8-9-11-26-21(14(22)12-13(3)4)18(19,16(24)25)17(5,27)15(23)20-10-7-2/h13,15,20,23,27H,6-12,19H2,1-5H3,(H,24,25)/t15?,17-,18-/m1/s1. The quantitative estimate of drug-likeness (QED) is 0.128. The molecule has 8 nitrogen and oxygen atoms in total. The first-order valence-corrected chi connectivity index (χ1v) is 10.0. The predicted molar refractivity (Wildman–Crippen MR) is 108 cm³/mol. The second kappa shape index (κ2) is 11.9. The second-order valence-electron chi connectivity index (χ2n) is 7.40. The number of hydrogen-bond donors (Lipinski definition) is 5. The summed E-state index contributed by atoms with van der Waals surface area (Å²) in [6, 6.07) is 0. The van der Waals surface area contributed by atoms with E-state index in [1.807, 2.05) is 27.7 Å². The van der Waals surface area contributed by atoms with Crippen LogP contribution in [-0.4, -0.2) is 56.9 Å². The van der Waals surface area contributed by atoms with E-state index in [1.165, 1.54) is 6.92 Å². The molecule has 0 saturated carbocycles. The SMILES string of the molecule is CCCCCON(C(=O)CC(C)C)[C@](N)(C(=O)O)[C@](C)(S)C(O)NCCC. The summed E-state index contributed by atoms with van der Waals surface area (Å²) >= 11 is 4.37. The molecule has 0 aliphatic carbocycles. The Kier molecular flexibility index (Phi) is 11.5. The maximum atomic E-state index is 12.8. The van der Waals surface area contributed by atoms with Crippen LogP contribution in [0.25, 0.3) is 0 Å². The molecule has 0 rings (SSSR count). The number of nitrogens with zero attached hydrogens (tertiary/aromatic N) is 1. The zero-order valence-corrected chi connectivity index (χ0v) is 18.1. The number of aliphatic carboxylic acids is 1. The highest BCUT2D eigenvalue weighted by molar-refractivity contribution is 7.82. The van der Waals surface area contributed by atoms with Gasteiger partial charge in [-0.05, 0) is 32.2 Å². The number of rotatable bonds is 14. The van der Waals surface area contributed by atoms with Crippen molar-refractivity contribution >= 4 is 24.5 Å². The molecule has 0 aromatic carbocycles. The molecule has 0 spiro atoms. The van der Waals surface area contributed by atoms with Gasteiger partial charge in [-0.1, -0.05) is 40.5 Å². The van der Waals surface area contributed by atoms with Gasteiger partial charge < -0.3 is 10.2 Å². The molecular weight excluding hydrogens is 370 g/mol. The minimum absolute atomic E-state index is 0.0217. The number of aliphatic hydroxyl groups excluding tert-OH is 1. The maximum Gasteiger partial charge on any atom is 0.348 e. The molecule has 5 N–H and O–H groups in total. The van der Waals surface area contributed by atoms with E-state index in [1.54, 1.807) is 0 Å². The lowest BCUT2D eigenvalue weighted by Gasteiger charge is -2.47. The number of hydrogen-bond acceptors (Lipinski definition) is 7. The fraction of sp³-hybridized carbons (Fsp3) is 0.889. The average molecular weight is 408 g/mol. The molecule has 0 aliphatic rings. The van der Waals surface area contributed by atoms with Crippen LogP contribution in [0.4, 0.5) is 0 Å². The van der Waals surface area contributed by atoms with Crippen LogP contribution in [0.2, 0.25) is 0 Å². The van der Waals surface area contributed by atoms with Gasteiger partial charge in [0.25, 0.3) is 0 Å². The number of carboxylic acid groups (broad SMARTS) is 1. The predicted octanol–water partition coefficient (Wildman–Crippen LogP) is 1.73. The van der Waals surface area contributed by atoms with Gasteiger partial charge in [-0.25, -0.2) is 4.79 Å². The van der Waals surface area contributed by atoms with Crippen molar-refractivity contribution in [2.24, 2.45) is 11.7 Å². The van der Waals surface area contributed by atoms with Crippen molar-refractivity contribution in [2.45, 2.75) is 83.4 Å². The number of nitrogens with one attached hydrogen (secondary N) is 1. The first kappa shape index (κ1) is 26.1. The van der Waals surface area contributed by atoms with Crippen LogP contribution < -0.4 is 11.1 Å². The van der Waals surface area contributed by atoms with Crippen molar-refractivity contribution in [1.82, 2.24) is 10.4 Å². The largest absolute Gasteiger partial charge is 0.478 e. The molecule has 0 radical (unpaired) electrons. The zero-order chi connectivity index (χ0) is 21.3. The van der Waals surface area contributed by atoms with Gasteiger partial charge in [0, 0.05) is 6.42 Å². The number of unbranched alkanes of at least 4 members (excludes halogenated alkanes) is 2. The molecule has 3 atom stereocenters. The highest BCUT2D eigenvalue weighted by Gasteiger charge is 2.60. The molecular formula is C18H37N3O5S. The lowest BCUT2D eigenvalue weighted by atomic mass is 9.90. The third-order valence-corrected chi connectivity index (χ3v) is 4.90. The highest BCUT2D eigenvalue weighted by atomic mass is 32.1. The second-order valence-corrected chi connectivity index (χ2v) is 8.33. The third-order valence-electron chi connectivity index (χ3n) is 4.32. The molecule has 1 amide bonds. The van der Waals surface area contributed by atoms with E-state index >= 15 is 0 Å². The van der Waals surface area contributed by atoms with Gasteiger partial charge in [0.1, 0.15) is 6.23 Å². The Balaban J connectivity index is 5.86. The minimum atomic E-state index is -2.38. The van der Waals surface area contributed by atoms with E-state index in [2.05, 4.69) is 17.9 Å². The molecule has 0 aromatic heterocycles. The molecule has 0 fully saturated rings. The van der Waals surface area contributed by atoms with E-state index in [0.29, 0.717) is 18.0 Å². The van der Waals surface area contributed by atoms with Gasteiger partial charge >= 0.3 is 5.97 Å². The molecule has 0 aromatic rings. The van der Waals surface area contributed by atoms with Crippen molar-refractivity contribution in [2.75, 3.05) is 13.2 Å². The smallest absolute Gasteiger partial charge is 0.348 e. The number of carbonyl (C=O) groups is 2. The number of carboxylic acids is 1. The summed E-state index contributed by atoms with van der Waals surface area (Å²) in [5.41, 5.74) is 3.85. The van der Waals surface area contributed by atoms with Crippen molar-refractivity contribution in [3.05, 3.63) is 0 Å². The molecule has 0 bridgehead atoms. The summed E-state index contributed by atoms with van der Waals surface area (Å²) in [4.78, 5) is 30.5. The Morgan fingerprint density at radius 2 is 1.85 bits per heavy atom. The number of nitrogens with two attached hydrogens (primary N) is 1. The van der Waals surface area contributed by atoms with E-state index in [4.69, 9.17) is 10.6 Å². The van der Waals surface area contributed by atoms with Gasteiger partial charge in [-0.2, -0.15) is 17.7 Å². The van der Waals surface area contributed by atoms with E-state index in [-0.39, 0.29) is 18.9 Å². The van der Waals surface area contributed by atoms with Crippen LogP contribution in [0.1, 0.15) is 66.7 Å². The van der Waals surface area contributed by atoms with Gasteiger partial charge in [-0.15, -0.1) is 0 Å². The van der Waals surface area contributed by atoms with Crippen molar-refractivity contribution in [3.63, 3.8) is 0 Å². The summed E-state index contributed by atoms with van der Waals surface area (Å²) in [6.07, 6.45) is 1.86. The van der Waals surface area contributed by atoms with Crippen LogP contribution >= 0.6 is 12.6 Å². The molecule has 1 unspecified atom stereocenters. The van der Waals surface area contributed by atoms with Gasteiger partial charge in [0.15, 0.2) is 0 Å². The van der Waals surface area contributed by atoms with Crippen LogP contribution in [0, 0.1) is 5.92 Å². The molecule has 0 heterocycles. The first-order valence-electron chi connectivity index (χ1n) is 9.58. The Morgan fingerprint density at radius 3 is 2.30 bits per heavy atom. The number of thiol groups is 1. The maximum absolute atomic E-state index is 12.8. The van der Waals surface area contributed by atoms with Crippen LogP contribution in [0.15, 0.2) is 0 Å². The van der Waals surface area contributed by atoms with Crippen molar-refractivity contribution in [1.29, 1.82) is 0 Å². The Morgan fingerprint density at radius 1 is 1.26 bits per heavy atom. The van der Waals surface area contributed by atoms with Gasteiger partial charge in [0.05, 0.1) is 11.4 Å².